The molecule has 2 heterocycles. The normalized spacial score (nSPS) is 17.0. The van der Waals surface area contributed by atoms with Gasteiger partial charge in [-0.15, -0.1) is 0 Å². The number of hydrogen-bond donors (Lipinski definition) is 1. The molecule has 0 aliphatic carbocycles. The predicted octanol–water partition coefficient (Wildman–Crippen LogP) is 9.50. The maximum atomic E-state index is 14.1. The molecule has 1 saturated heterocycles. The van der Waals surface area contributed by atoms with Gasteiger partial charge in [-0.1, -0.05) is 81.2 Å². The molecule has 2 aliphatic rings. The van der Waals surface area contributed by atoms with Gasteiger partial charge in [0.15, 0.2) is 6.23 Å². The molecule has 2 unspecified atom stereocenters. The number of ether oxygens (including phenoxy) is 1. The summed E-state index contributed by atoms with van der Waals surface area (Å²) >= 11 is 44.5. The van der Waals surface area contributed by atoms with E-state index in [1.165, 1.54) is 59.5 Å². The van der Waals surface area contributed by atoms with E-state index < -0.39 is 36.0 Å². The molecule has 1 fully saturated rings. The first-order valence-corrected chi connectivity index (χ1v) is 15.3. The summed E-state index contributed by atoms with van der Waals surface area (Å²) in [5.74, 6) is -3.39. The number of fused-ring (bicyclic) bond motifs is 1. The molecule has 45 heavy (non-hydrogen) atoms. The van der Waals surface area contributed by atoms with Crippen molar-refractivity contribution in [3.05, 3.63) is 124 Å². The fourth-order valence-corrected chi connectivity index (χ4v) is 7.28. The van der Waals surface area contributed by atoms with Crippen LogP contribution in [0.3, 0.4) is 0 Å². The van der Waals surface area contributed by atoms with Crippen LogP contribution < -0.4 is 9.80 Å². The highest BCUT2D eigenvalue weighted by Gasteiger charge is 2.51. The first-order chi connectivity index (χ1) is 21.3. The summed E-state index contributed by atoms with van der Waals surface area (Å²) in [5, 5.41) is 10.1. The lowest BCUT2D eigenvalue weighted by Crippen LogP contribution is -2.35. The van der Waals surface area contributed by atoms with Crippen LogP contribution in [0.4, 0.5) is 11.4 Å². The van der Waals surface area contributed by atoms with E-state index in [9.17, 15) is 24.3 Å². The molecule has 228 valence electrons. The Morgan fingerprint density at radius 2 is 1.29 bits per heavy atom. The minimum absolute atomic E-state index is 0.0277. The molecule has 6 rings (SSSR count). The fraction of sp³-hybridized carbons (Fsp3) is 0.0667. The zero-order valence-electron chi connectivity index (χ0n) is 22.0. The number of halogens is 7. The Balaban J connectivity index is 1.41. The highest BCUT2D eigenvalue weighted by molar-refractivity contribution is 6.43. The lowest BCUT2D eigenvalue weighted by atomic mass is 10.1. The zero-order valence-corrected chi connectivity index (χ0v) is 27.2. The monoisotopic (exact) mass is 742 g/mol. The molecular weight excluding hydrogens is 733 g/mol. The maximum Gasteiger partial charge on any atom is 0.335 e. The number of amides is 3. The van der Waals surface area contributed by atoms with Crippen LogP contribution in [0.15, 0.2) is 60.7 Å². The fourth-order valence-electron chi connectivity index (χ4n) is 5.00. The van der Waals surface area contributed by atoms with Crippen LogP contribution in [0.5, 0.6) is 0 Å². The Labute approximate surface area is 289 Å². The number of carbonyl (C=O) groups is 4. The average molecular weight is 746 g/mol. The van der Waals surface area contributed by atoms with Crippen molar-refractivity contribution in [1.29, 1.82) is 0 Å². The van der Waals surface area contributed by atoms with E-state index in [1.807, 2.05) is 0 Å². The van der Waals surface area contributed by atoms with Gasteiger partial charge in [-0.3, -0.25) is 19.3 Å². The van der Waals surface area contributed by atoms with Crippen molar-refractivity contribution in [2.75, 3.05) is 9.80 Å². The molecule has 1 N–H and O–H groups in total. The van der Waals surface area contributed by atoms with Gasteiger partial charge in [0.25, 0.3) is 17.7 Å². The number of carboxylic acid groups (broad SMARTS) is 1. The number of hydrogen-bond acceptors (Lipinski definition) is 5. The minimum atomic E-state index is -1.25. The molecule has 15 heteroatoms. The number of epoxide rings is 1. The third-order valence-corrected chi connectivity index (χ3v) is 9.03. The predicted molar refractivity (Wildman–Crippen MR) is 173 cm³/mol. The quantitative estimate of drug-likeness (QED) is 0.156. The highest BCUT2D eigenvalue weighted by atomic mass is 35.5. The summed E-state index contributed by atoms with van der Waals surface area (Å²) in [7, 11) is 0. The number of benzene rings is 4. The summed E-state index contributed by atoms with van der Waals surface area (Å²) in [6, 6.07) is 13.4. The van der Waals surface area contributed by atoms with Crippen molar-refractivity contribution in [3.8, 4) is 0 Å². The number of carbonyl (C=O) groups excluding carboxylic acids is 3. The van der Waals surface area contributed by atoms with Crippen molar-refractivity contribution in [2.24, 2.45) is 0 Å². The summed E-state index contributed by atoms with van der Waals surface area (Å²) in [4.78, 5) is 54.0. The van der Waals surface area contributed by atoms with Gasteiger partial charge < -0.3 is 9.84 Å². The first-order valence-electron chi connectivity index (χ1n) is 12.6. The highest BCUT2D eigenvalue weighted by Crippen LogP contribution is 2.50. The molecule has 0 bridgehead atoms. The number of rotatable bonds is 6. The van der Waals surface area contributed by atoms with Gasteiger partial charge in [-0.25, -0.2) is 9.69 Å². The molecule has 4 aromatic rings. The number of aromatic carboxylic acids is 1. The second-order valence-corrected chi connectivity index (χ2v) is 12.7. The van der Waals surface area contributed by atoms with Gasteiger partial charge >= 0.3 is 5.97 Å². The Morgan fingerprint density at radius 3 is 1.87 bits per heavy atom. The van der Waals surface area contributed by atoms with Crippen LogP contribution in [0.25, 0.3) is 0 Å². The van der Waals surface area contributed by atoms with Gasteiger partial charge in [-0.2, -0.15) is 0 Å². The van der Waals surface area contributed by atoms with E-state index in [4.69, 9.17) is 85.9 Å². The number of nitrogens with zero attached hydrogens (tertiary/aromatic N) is 2. The molecular formula is C30H13Cl7N2O6. The Kier molecular flexibility index (Phi) is 8.48. The van der Waals surface area contributed by atoms with E-state index >= 15 is 0 Å². The van der Waals surface area contributed by atoms with Crippen LogP contribution in [0.1, 0.15) is 53.1 Å². The summed E-state index contributed by atoms with van der Waals surface area (Å²) in [5.41, 5.74) is 0.247. The largest absolute Gasteiger partial charge is 0.478 e. The van der Waals surface area contributed by atoms with Crippen molar-refractivity contribution < 1.29 is 29.0 Å². The van der Waals surface area contributed by atoms with Crippen LogP contribution in [0.2, 0.25) is 35.2 Å². The first kappa shape index (κ1) is 31.9. The van der Waals surface area contributed by atoms with Crippen molar-refractivity contribution in [1.82, 2.24) is 0 Å². The second kappa shape index (κ2) is 12.0. The zero-order chi connectivity index (χ0) is 32.5. The summed E-state index contributed by atoms with van der Waals surface area (Å²) in [6.45, 7) is 0. The van der Waals surface area contributed by atoms with E-state index in [0.29, 0.717) is 10.6 Å². The topological polar surface area (TPSA) is 108 Å². The van der Waals surface area contributed by atoms with Gasteiger partial charge in [0.2, 0.25) is 0 Å². The van der Waals surface area contributed by atoms with Crippen LogP contribution in [-0.4, -0.2) is 35.0 Å². The number of imide groups is 1. The third kappa shape index (κ3) is 5.64. The maximum absolute atomic E-state index is 14.1. The van der Waals surface area contributed by atoms with Gasteiger partial charge in [0.05, 0.1) is 48.7 Å². The van der Waals surface area contributed by atoms with E-state index in [2.05, 4.69) is 0 Å². The standard InChI is InChI=1S/C30H13Cl7N2O6/c31-12-6-18(34)23(19(35)7-12)25-29(45-25)39(28(42)24-20(36)8-13(32)9-21(24)37)22-4-2-14(10-17(22)33)38-26(40)15-3-1-11(30(43)44)5-16(15)27(38)41/h1-10,25,29H,(H,43,44). The lowest BCUT2D eigenvalue weighted by molar-refractivity contribution is 0.0696. The van der Waals surface area contributed by atoms with E-state index in [-0.39, 0.29) is 63.8 Å². The minimum Gasteiger partial charge on any atom is -0.478 e. The van der Waals surface area contributed by atoms with E-state index in [0.717, 1.165) is 11.0 Å². The molecule has 0 saturated carbocycles. The van der Waals surface area contributed by atoms with Crippen LogP contribution >= 0.6 is 81.2 Å². The molecule has 2 aliphatic heterocycles. The summed E-state index contributed by atoms with van der Waals surface area (Å²) in [6.07, 6.45) is -1.82. The van der Waals surface area contributed by atoms with E-state index in [1.54, 1.807) is 0 Å². The van der Waals surface area contributed by atoms with Gasteiger partial charge in [0.1, 0.15) is 6.10 Å². The second-order valence-electron chi connectivity index (χ2n) is 9.80. The molecule has 4 aromatic carbocycles. The molecule has 3 amide bonds. The summed E-state index contributed by atoms with van der Waals surface area (Å²) < 4.78 is 5.91. The van der Waals surface area contributed by atoms with Gasteiger partial charge in [0, 0.05) is 25.7 Å². The van der Waals surface area contributed by atoms with Crippen molar-refractivity contribution in [3.63, 3.8) is 0 Å². The molecule has 0 spiro atoms. The van der Waals surface area contributed by atoms with Gasteiger partial charge in [-0.05, 0) is 60.7 Å². The van der Waals surface area contributed by atoms with Crippen LogP contribution in [0, 0.1) is 0 Å². The van der Waals surface area contributed by atoms with Crippen molar-refractivity contribution in [2.45, 2.75) is 12.3 Å². The lowest BCUT2D eigenvalue weighted by Gasteiger charge is -2.25. The number of carboxylic acids is 1. The SMILES string of the molecule is O=C(O)c1ccc2c(c1)C(=O)N(c1ccc(N(C(=O)c3c(Cl)cc(Cl)cc3Cl)C3OC3c3c(Cl)cc(Cl)cc3Cl)c(Cl)c1)C2=O. The molecule has 0 aromatic heterocycles. The molecule has 2 atom stereocenters. The Bertz CT molecular complexity index is 1960. The Morgan fingerprint density at radius 1 is 0.711 bits per heavy atom. The Hall–Kier alpha value is -3.05. The van der Waals surface area contributed by atoms with Crippen LogP contribution in [-0.2, 0) is 4.74 Å². The molecule has 8 nitrogen and oxygen atoms in total. The average Bonchev–Trinajstić information content (AvgIpc) is 3.67. The smallest absolute Gasteiger partial charge is 0.335 e. The number of anilines is 2. The third-order valence-electron chi connectivity index (χ3n) is 7.07. The van der Waals surface area contributed by atoms with Crippen molar-refractivity contribution >= 4 is 116 Å². The molecule has 0 radical (unpaired) electrons.